The summed E-state index contributed by atoms with van der Waals surface area (Å²) in [7, 11) is -3.91. The Morgan fingerprint density at radius 1 is 1.08 bits per heavy atom. The fourth-order valence-corrected chi connectivity index (χ4v) is 3.29. The first-order chi connectivity index (χ1) is 11.2. The van der Waals surface area contributed by atoms with E-state index in [-0.39, 0.29) is 15.6 Å². The van der Waals surface area contributed by atoms with Crippen molar-refractivity contribution in [3.63, 3.8) is 0 Å². The molecule has 9 heteroatoms. The highest BCUT2D eigenvalue weighted by atomic mass is 35.5. The average molecular weight is 391 g/mol. The monoisotopic (exact) mass is 390 g/mol. The Kier molecular flexibility index (Phi) is 5.82. The minimum absolute atomic E-state index is 0.0378. The van der Waals surface area contributed by atoms with Gasteiger partial charge in [-0.05, 0) is 49.4 Å². The minimum Gasteiger partial charge on any atom is -0.322 e. The van der Waals surface area contributed by atoms with Gasteiger partial charge < -0.3 is 5.32 Å². The van der Waals surface area contributed by atoms with Crippen LogP contribution in [0.4, 0.5) is 10.1 Å². The van der Waals surface area contributed by atoms with E-state index in [1.165, 1.54) is 43.3 Å². The Morgan fingerprint density at radius 3 is 2.25 bits per heavy atom. The van der Waals surface area contributed by atoms with Crippen molar-refractivity contribution < 1.29 is 17.6 Å². The summed E-state index contributed by atoms with van der Waals surface area (Å²) in [5.41, 5.74) is -0.0954. The van der Waals surface area contributed by atoms with Gasteiger partial charge in [-0.3, -0.25) is 4.79 Å². The van der Waals surface area contributed by atoms with Crippen molar-refractivity contribution in [2.24, 2.45) is 0 Å². The number of anilines is 1. The lowest BCUT2D eigenvalue weighted by molar-refractivity contribution is -0.117. The van der Waals surface area contributed by atoms with E-state index in [0.717, 1.165) is 6.07 Å². The molecule has 128 valence electrons. The topological polar surface area (TPSA) is 75.3 Å². The molecule has 2 N–H and O–H groups in total. The largest absolute Gasteiger partial charge is 0.322 e. The van der Waals surface area contributed by atoms with Gasteiger partial charge in [-0.2, -0.15) is 4.72 Å². The zero-order valence-electron chi connectivity index (χ0n) is 12.4. The summed E-state index contributed by atoms with van der Waals surface area (Å²) in [5.74, 6) is -1.43. The molecule has 5 nitrogen and oxygen atoms in total. The van der Waals surface area contributed by atoms with Crippen LogP contribution in [0.1, 0.15) is 6.92 Å². The zero-order chi connectivity index (χ0) is 17.9. The first kappa shape index (κ1) is 18.7. The van der Waals surface area contributed by atoms with Crippen LogP contribution in [0.15, 0.2) is 47.4 Å². The highest BCUT2D eigenvalue weighted by molar-refractivity contribution is 7.89. The molecular weight excluding hydrogens is 378 g/mol. The maximum Gasteiger partial charge on any atom is 0.242 e. The standard InChI is InChI=1S/C15H13Cl2FN2O3S/c1-9(15(21)19-14-7-4-11(17)8-13(14)18)20-24(22,23)12-5-2-10(16)3-6-12/h2-9,20H,1H3,(H,19,21). The number of hydrogen-bond acceptors (Lipinski definition) is 3. The van der Waals surface area contributed by atoms with Gasteiger partial charge in [0, 0.05) is 10.0 Å². The Hall–Kier alpha value is -1.67. The van der Waals surface area contributed by atoms with Crippen LogP contribution in [0.5, 0.6) is 0 Å². The molecule has 0 fully saturated rings. The molecule has 0 heterocycles. The fourth-order valence-electron chi connectivity index (χ4n) is 1.80. The third kappa shape index (κ3) is 4.67. The number of benzene rings is 2. The second-order valence-electron chi connectivity index (χ2n) is 4.91. The molecule has 0 saturated heterocycles. The van der Waals surface area contributed by atoms with Crippen LogP contribution >= 0.6 is 23.2 Å². The van der Waals surface area contributed by atoms with Gasteiger partial charge in [0.15, 0.2) is 0 Å². The van der Waals surface area contributed by atoms with Crippen LogP contribution in [-0.2, 0) is 14.8 Å². The number of sulfonamides is 1. The van der Waals surface area contributed by atoms with Crippen molar-refractivity contribution in [1.82, 2.24) is 4.72 Å². The molecule has 0 aliphatic heterocycles. The van der Waals surface area contributed by atoms with Gasteiger partial charge in [0.2, 0.25) is 15.9 Å². The van der Waals surface area contributed by atoms with E-state index in [1.54, 1.807) is 0 Å². The zero-order valence-corrected chi connectivity index (χ0v) is 14.7. The van der Waals surface area contributed by atoms with Gasteiger partial charge in [0.1, 0.15) is 5.82 Å². The first-order valence-corrected chi connectivity index (χ1v) is 8.97. The summed E-state index contributed by atoms with van der Waals surface area (Å²) in [6, 6.07) is 8.08. The van der Waals surface area contributed by atoms with Crippen LogP contribution in [0.25, 0.3) is 0 Å². The van der Waals surface area contributed by atoms with Crippen molar-refractivity contribution >= 4 is 44.8 Å². The lowest BCUT2D eigenvalue weighted by Gasteiger charge is -2.15. The molecule has 0 aliphatic rings. The smallest absolute Gasteiger partial charge is 0.242 e. The predicted octanol–water partition coefficient (Wildman–Crippen LogP) is 3.44. The van der Waals surface area contributed by atoms with E-state index in [9.17, 15) is 17.6 Å². The quantitative estimate of drug-likeness (QED) is 0.820. The summed E-state index contributed by atoms with van der Waals surface area (Å²) >= 11 is 11.3. The van der Waals surface area contributed by atoms with Gasteiger partial charge in [0.25, 0.3) is 0 Å². The lowest BCUT2D eigenvalue weighted by atomic mass is 10.2. The number of nitrogens with one attached hydrogen (secondary N) is 2. The highest BCUT2D eigenvalue weighted by Crippen LogP contribution is 2.19. The molecule has 0 bridgehead atoms. The van der Waals surface area contributed by atoms with E-state index in [1.807, 2.05) is 0 Å². The van der Waals surface area contributed by atoms with Crippen molar-refractivity contribution in [2.75, 3.05) is 5.32 Å². The molecule has 24 heavy (non-hydrogen) atoms. The maximum atomic E-state index is 13.7. The lowest BCUT2D eigenvalue weighted by Crippen LogP contribution is -2.41. The fraction of sp³-hybridized carbons (Fsp3) is 0.133. The number of halogens is 3. The predicted molar refractivity (Wildman–Crippen MR) is 91.3 cm³/mol. The molecule has 0 radical (unpaired) electrons. The second-order valence-corrected chi connectivity index (χ2v) is 7.50. The molecule has 0 aromatic heterocycles. The Bertz CT molecular complexity index is 858. The van der Waals surface area contributed by atoms with E-state index in [2.05, 4.69) is 10.0 Å². The molecule has 2 aromatic rings. The van der Waals surface area contributed by atoms with E-state index in [4.69, 9.17) is 23.2 Å². The van der Waals surface area contributed by atoms with Crippen LogP contribution in [0.2, 0.25) is 10.0 Å². The third-order valence-electron chi connectivity index (χ3n) is 3.04. The summed E-state index contributed by atoms with van der Waals surface area (Å²) < 4.78 is 40.3. The summed E-state index contributed by atoms with van der Waals surface area (Å²) in [5, 5.41) is 2.87. The van der Waals surface area contributed by atoms with Gasteiger partial charge in [0.05, 0.1) is 16.6 Å². The van der Waals surface area contributed by atoms with Gasteiger partial charge in [-0.15, -0.1) is 0 Å². The molecule has 1 unspecified atom stereocenters. The Morgan fingerprint density at radius 2 is 1.67 bits per heavy atom. The van der Waals surface area contributed by atoms with Gasteiger partial charge in [-0.25, -0.2) is 12.8 Å². The highest BCUT2D eigenvalue weighted by Gasteiger charge is 2.22. The van der Waals surface area contributed by atoms with Crippen LogP contribution in [0, 0.1) is 5.82 Å². The number of rotatable bonds is 5. The van der Waals surface area contributed by atoms with E-state index < -0.39 is 27.8 Å². The first-order valence-electron chi connectivity index (χ1n) is 6.73. The third-order valence-corrected chi connectivity index (χ3v) is 5.08. The summed E-state index contributed by atoms with van der Waals surface area (Å²) in [4.78, 5) is 12.0. The minimum atomic E-state index is -3.91. The van der Waals surface area contributed by atoms with E-state index >= 15 is 0 Å². The van der Waals surface area contributed by atoms with Crippen molar-refractivity contribution in [3.05, 3.63) is 58.3 Å². The number of amides is 1. The SMILES string of the molecule is CC(NS(=O)(=O)c1ccc(Cl)cc1)C(=O)Nc1ccc(Cl)cc1F. The van der Waals surface area contributed by atoms with Gasteiger partial charge in [-0.1, -0.05) is 23.2 Å². The maximum absolute atomic E-state index is 13.7. The van der Waals surface area contributed by atoms with Gasteiger partial charge >= 0.3 is 0 Å². The molecule has 0 saturated carbocycles. The normalized spacial score (nSPS) is 12.7. The number of hydrogen-bond donors (Lipinski definition) is 2. The second kappa shape index (κ2) is 7.48. The summed E-state index contributed by atoms with van der Waals surface area (Å²) in [6.07, 6.45) is 0. The number of carbonyl (C=O) groups excluding carboxylic acids is 1. The number of carbonyl (C=O) groups is 1. The summed E-state index contributed by atoms with van der Waals surface area (Å²) in [6.45, 7) is 1.34. The molecule has 0 spiro atoms. The molecule has 0 aliphatic carbocycles. The van der Waals surface area contributed by atoms with Crippen molar-refractivity contribution in [1.29, 1.82) is 0 Å². The van der Waals surface area contributed by atoms with Crippen LogP contribution < -0.4 is 10.0 Å². The molecule has 1 amide bonds. The average Bonchev–Trinajstić information content (AvgIpc) is 2.50. The van der Waals surface area contributed by atoms with Crippen molar-refractivity contribution in [3.8, 4) is 0 Å². The van der Waals surface area contributed by atoms with Crippen LogP contribution in [0.3, 0.4) is 0 Å². The molecule has 1 atom stereocenters. The van der Waals surface area contributed by atoms with Crippen molar-refractivity contribution in [2.45, 2.75) is 17.9 Å². The molecule has 2 aromatic carbocycles. The van der Waals surface area contributed by atoms with Crippen LogP contribution in [-0.4, -0.2) is 20.4 Å². The molecule has 2 rings (SSSR count). The Labute approximate surface area is 148 Å². The van der Waals surface area contributed by atoms with E-state index in [0.29, 0.717) is 5.02 Å². The molecular formula is C15H13Cl2FN2O3S. The Balaban J connectivity index is 2.09.